The normalized spacial score (nSPS) is 11.8. The third-order valence-corrected chi connectivity index (χ3v) is 7.48. The van der Waals surface area contributed by atoms with Crippen molar-refractivity contribution in [3.63, 3.8) is 0 Å². The summed E-state index contributed by atoms with van der Waals surface area (Å²) in [5, 5.41) is 2.44. The Bertz CT molecular complexity index is 1130. The number of aromatic nitrogens is 2. The van der Waals surface area contributed by atoms with Gasteiger partial charge < -0.3 is 9.30 Å². The Balaban J connectivity index is 1.70. The molecule has 3 aromatic rings. The highest BCUT2D eigenvalue weighted by Crippen LogP contribution is 2.24. The molecular weight excluding hydrogens is 429 g/mol. The van der Waals surface area contributed by atoms with E-state index in [4.69, 9.17) is 4.74 Å². The van der Waals surface area contributed by atoms with Gasteiger partial charge in [0.25, 0.3) is 0 Å². The maximum absolute atomic E-state index is 13.1. The highest BCUT2D eigenvalue weighted by Gasteiger charge is 2.26. The molecule has 10 heteroatoms. The molecule has 2 aromatic heterocycles. The summed E-state index contributed by atoms with van der Waals surface area (Å²) >= 11 is 1.36. The van der Waals surface area contributed by atoms with Crippen LogP contribution in [-0.4, -0.2) is 41.3 Å². The summed E-state index contributed by atoms with van der Waals surface area (Å²) in [5.41, 5.74) is 1.46. The average Bonchev–Trinajstić information content (AvgIpc) is 3.34. The number of nitrogens with zero attached hydrogens (tertiary/aromatic N) is 3. The molecule has 0 amide bonds. The molecule has 0 N–H and O–H groups in total. The summed E-state index contributed by atoms with van der Waals surface area (Å²) in [5.74, 6) is -0.968. The number of rotatable bonds is 8. The third-order valence-electron chi connectivity index (χ3n) is 4.53. The molecule has 0 aliphatic heterocycles. The number of carbonyl (C=O) groups is 1. The summed E-state index contributed by atoms with van der Waals surface area (Å²) in [7, 11) is -2.08. The van der Waals surface area contributed by atoms with E-state index in [0.29, 0.717) is 23.8 Å². The van der Waals surface area contributed by atoms with Crippen LogP contribution in [0.5, 0.6) is 0 Å². The van der Waals surface area contributed by atoms with Crippen molar-refractivity contribution in [2.45, 2.75) is 25.3 Å². The highest BCUT2D eigenvalue weighted by molar-refractivity contribution is 7.89. The zero-order valence-electron chi connectivity index (χ0n) is 16.8. The quantitative estimate of drug-likeness (QED) is 0.488. The maximum Gasteiger partial charge on any atom is 0.355 e. The fourth-order valence-corrected chi connectivity index (χ4v) is 5.24. The first kappa shape index (κ1) is 22.1. The number of halogens is 1. The van der Waals surface area contributed by atoms with Gasteiger partial charge in [0, 0.05) is 37.3 Å². The third kappa shape index (κ3) is 4.61. The van der Waals surface area contributed by atoms with E-state index in [1.54, 1.807) is 38.4 Å². The van der Waals surface area contributed by atoms with E-state index in [9.17, 15) is 17.6 Å². The standard InChI is InChI=1S/C20H22FN3O4S2/c1-4-24(5-2)30(26,27)17-10-18(23(3)11-17)20(25)28-12-16-13-29-19(22-16)14-6-8-15(21)9-7-14/h6-11,13H,4-5,12H2,1-3H3. The largest absolute Gasteiger partial charge is 0.454 e. The number of benzene rings is 1. The zero-order chi connectivity index (χ0) is 21.9. The van der Waals surface area contributed by atoms with Gasteiger partial charge in [-0.05, 0) is 30.3 Å². The van der Waals surface area contributed by atoms with Crippen molar-refractivity contribution < 1.29 is 22.3 Å². The molecule has 0 fully saturated rings. The molecule has 0 aliphatic carbocycles. The first-order valence-corrected chi connectivity index (χ1v) is 11.6. The number of aryl methyl sites for hydroxylation is 1. The number of ether oxygens (including phenoxy) is 1. The lowest BCUT2D eigenvalue weighted by Gasteiger charge is -2.17. The molecule has 3 rings (SSSR count). The van der Waals surface area contributed by atoms with Crippen LogP contribution < -0.4 is 0 Å². The summed E-state index contributed by atoms with van der Waals surface area (Å²) < 4.78 is 46.4. The average molecular weight is 452 g/mol. The molecule has 1 aromatic carbocycles. The van der Waals surface area contributed by atoms with Crippen molar-refractivity contribution in [1.82, 2.24) is 13.9 Å². The second-order valence-corrected chi connectivity index (χ2v) is 9.28. The van der Waals surface area contributed by atoms with Crippen molar-refractivity contribution in [2.24, 2.45) is 7.05 Å². The van der Waals surface area contributed by atoms with E-state index in [0.717, 1.165) is 5.56 Å². The van der Waals surface area contributed by atoms with Crippen molar-refractivity contribution in [1.29, 1.82) is 0 Å². The van der Waals surface area contributed by atoms with Gasteiger partial charge in [-0.1, -0.05) is 13.8 Å². The van der Waals surface area contributed by atoms with E-state index < -0.39 is 16.0 Å². The molecule has 2 heterocycles. The van der Waals surface area contributed by atoms with Crippen molar-refractivity contribution in [2.75, 3.05) is 13.1 Å². The number of thiazole rings is 1. The number of carbonyl (C=O) groups excluding carboxylic acids is 1. The topological polar surface area (TPSA) is 81.5 Å². The van der Waals surface area contributed by atoms with Crippen LogP contribution in [0.4, 0.5) is 4.39 Å². The molecule has 0 spiro atoms. The Labute approximate surface area is 178 Å². The van der Waals surface area contributed by atoms with Gasteiger partial charge in [-0.2, -0.15) is 4.31 Å². The molecule has 30 heavy (non-hydrogen) atoms. The van der Waals surface area contributed by atoms with E-state index in [-0.39, 0.29) is 23.0 Å². The summed E-state index contributed by atoms with van der Waals surface area (Å²) in [6, 6.07) is 7.30. The molecule has 0 aliphatic rings. The molecule has 0 saturated carbocycles. The second-order valence-electron chi connectivity index (χ2n) is 6.49. The van der Waals surface area contributed by atoms with Crippen LogP contribution in [0.1, 0.15) is 30.0 Å². The van der Waals surface area contributed by atoms with Crippen LogP contribution in [0.3, 0.4) is 0 Å². The van der Waals surface area contributed by atoms with Gasteiger partial charge >= 0.3 is 5.97 Å². The van der Waals surface area contributed by atoms with E-state index in [1.165, 1.54) is 44.6 Å². The smallest absolute Gasteiger partial charge is 0.355 e. The van der Waals surface area contributed by atoms with Crippen LogP contribution in [0.2, 0.25) is 0 Å². The second kappa shape index (κ2) is 9.07. The predicted octanol–water partition coefficient (Wildman–Crippen LogP) is 3.68. The van der Waals surface area contributed by atoms with Gasteiger partial charge in [-0.3, -0.25) is 0 Å². The van der Waals surface area contributed by atoms with Crippen LogP contribution >= 0.6 is 11.3 Å². The van der Waals surface area contributed by atoms with Crippen molar-refractivity contribution in [3.8, 4) is 10.6 Å². The molecule has 160 valence electrons. The van der Waals surface area contributed by atoms with Gasteiger partial charge in [-0.15, -0.1) is 11.3 Å². The minimum Gasteiger partial charge on any atom is -0.454 e. The van der Waals surface area contributed by atoms with Gasteiger partial charge in [0.15, 0.2) is 0 Å². The molecule has 0 saturated heterocycles. The lowest BCUT2D eigenvalue weighted by molar-refractivity contribution is 0.0457. The fourth-order valence-electron chi connectivity index (χ4n) is 2.90. The number of hydrogen-bond donors (Lipinski definition) is 0. The number of esters is 1. The van der Waals surface area contributed by atoms with Gasteiger partial charge in [0.1, 0.15) is 28.0 Å². The number of sulfonamides is 1. The number of hydrogen-bond acceptors (Lipinski definition) is 6. The molecule has 0 radical (unpaired) electrons. The van der Waals surface area contributed by atoms with Crippen molar-refractivity contribution in [3.05, 3.63) is 59.1 Å². The van der Waals surface area contributed by atoms with E-state index in [2.05, 4.69) is 4.98 Å². The molecule has 0 bridgehead atoms. The first-order chi connectivity index (χ1) is 14.3. The lowest BCUT2D eigenvalue weighted by Crippen LogP contribution is -2.30. The molecule has 7 nitrogen and oxygen atoms in total. The highest BCUT2D eigenvalue weighted by atomic mass is 32.2. The Kier molecular flexibility index (Phi) is 6.69. The Morgan fingerprint density at radius 2 is 1.90 bits per heavy atom. The first-order valence-electron chi connectivity index (χ1n) is 9.30. The van der Waals surface area contributed by atoms with Gasteiger partial charge in [-0.25, -0.2) is 22.6 Å². The molecule has 0 atom stereocenters. The lowest BCUT2D eigenvalue weighted by atomic mass is 10.2. The molecular formula is C20H22FN3O4S2. The van der Waals surface area contributed by atoms with Crippen molar-refractivity contribution >= 4 is 27.3 Å². The van der Waals surface area contributed by atoms with E-state index in [1.807, 2.05) is 0 Å². The Hall–Kier alpha value is -2.56. The van der Waals surface area contributed by atoms with E-state index >= 15 is 0 Å². The summed E-state index contributed by atoms with van der Waals surface area (Å²) in [6.45, 7) is 4.14. The fraction of sp³-hybridized carbons (Fsp3) is 0.300. The van der Waals surface area contributed by atoms with Crippen LogP contribution in [0.25, 0.3) is 10.6 Å². The Morgan fingerprint density at radius 1 is 1.23 bits per heavy atom. The van der Waals surface area contributed by atoms with Crippen LogP contribution in [0.15, 0.2) is 46.8 Å². The minimum atomic E-state index is -3.67. The SMILES string of the molecule is CCN(CC)S(=O)(=O)c1cc(C(=O)OCc2csc(-c3ccc(F)cc3)n2)n(C)c1. The summed E-state index contributed by atoms with van der Waals surface area (Å²) in [4.78, 5) is 16.9. The van der Waals surface area contributed by atoms with Crippen LogP contribution in [0, 0.1) is 5.82 Å². The zero-order valence-corrected chi connectivity index (χ0v) is 18.5. The monoisotopic (exact) mass is 451 g/mol. The predicted molar refractivity (Wildman–Crippen MR) is 112 cm³/mol. The summed E-state index contributed by atoms with van der Waals surface area (Å²) in [6.07, 6.45) is 1.40. The Morgan fingerprint density at radius 3 is 2.53 bits per heavy atom. The molecule has 0 unspecified atom stereocenters. The minimum absolute atomic E-state index is 0.0490. The van der Waals surface area contributed by atoms with Crippen LogP contribution in [-0.2, 0) is 28.4 Å². The van der Waals surface area contributed by atoms with Gasteiger partial charge in [0.2, 0.25) is 10.0 Å². The maximum atomic E-state index is 13.1. The van der Waals surface area contributed by atoms with Gasteiger partial charge in [0.05, 0.1) is 5.69 Å².